The lowest BCUT2D eigenvalue weighted by Crippen LogP contribution is -2.67. The van der Waals surface area contributed by atoms with Gasteiger partial charge >= 0.3 is 0 Å². The number of halogens is 1. The maximum atomic E-state index is 6.28. The number of anilines is 1. The molecule has 0 bridgehead atoms. The lowest BCUT2D eigenvalue weighted by molar-refractivity contribution is 0.226. The van der Waals surface area contributed by atoms with E-state index in [2.05, 4.69) is 44.0 Å². The molecule has 0 radical (unpaired) electrons. The molecule has 17 heavy (non-hydrogen) atoms. The summed E-state index contributed by atoms with van der Waals surface area (Å²) in [5.41, 5.74) is 1.33. The number of benzene rings is 1. The van der Waals surface area contributed by atoms with Crippen LogP contribution in [0.5, 0.6) is 0 Å². The summed E-state index contributed by atoms with van der Waals surface area (Å²) in [7, 11) is 0. The normalized spacial score (nSPS) is 22.5. The van der Waals surface area contributed by atoms with E-state index in [1.165, 1.54) is 0 Å². The largest absolute Gasteiger partial charge is 0.367 e. The first kappa shape index (κ1) is 12.7. The molecular formula is C14H21ClN2. The number of rotatable bonds is 1. The Labute approximate surface area is 109 Å². The van der Waals surface area contributed by atoms with Crippen LogP contribution in [0.15, 0.2) is 24.3 Å². The zero-order valence-corrected chi connectivity index (χ0v) is 11.8. The topological polar surface area (TPSA) is 15.3 Å². The van der Waals surface area contributed by atoms with Gasteiger partial charge in [0.15, 0.2) is 0 Å². The first-order valence-electron chi connectivity index (χ1n) is 6.08. The van der Waals surface area contributed by atoms with Gasteiger partial charge in [-0.15, -0.1) is 0 Å². The monoisotopic (exact) mass is 252 g/mol. The molecule has 1 fully saturated rings. The predicted molar refractivity (Wildman–Crippen MR) is 75.0 cm³/mol. The minimum absolute atomic E-state index is 0.0981. The van der Waals surface area contributed by atoms with Gasteiger partial charge in [-0.25, -0.2) is 0 Å². The molecule has 0 unspecified atom stereocenters. The summed E-state index contributed by atoms with van der Waals surface area (Å²) in [5, 5.41) is 4.50. The standard InChI is InChI=1S/C14H21ClN2/c1-13(2)9-17(10-14(3,4)16-13)12-8-6-5-7-11(12)15/h5-8,16H,9-10H2,1-4H3. The van der Waals surface area contributed by atoms with E-state index < -0.39 is 0 Å². The molecule has 1 N–H and O–H groups in total. The minimum atomic E-state index is 0.0981. The van der Waals surface area contributed by atoms with Crippen LogP contribution in [-0.4, -0.2) is 24.2 Å². The Morgan fingerprint density at radius 3 is 2.12 bits per heavy atom. The summed E-state index contributed by atoms with van der Waals surface area (Å²) in [6.45, 7) is 10.9. The highest BCUT2D eigenvalue weighted by Gasteiger charge is 2.36. The van der Waals surface area contributed by atoms with Gasteiger partial charge in [-0.05, 0) is 39.8 Å². The van der Waals surface area contributed by atoms with Gasteiger partial charge in [-0.3, -0.25) is 0 Å². The van der Waals surface area contributed by atoms with Gasteiger partial charge in [0.05, 0.1) is 10.7 Å². The van der Waals surface area contributed by atoms with E-state index >= 15 is 0 Å². The van der Waals surface area contributed by atoms with E-state index in [0.29, 0.717) is 0 Å². The summed E-state index contributed by atoms with van der Waals surface area (Å²) < 4.78 is 0. The van der Waals surface area contributed by atoms with Crippen molar-refractivity contribution < 1.29 is 0 Å². The van der Waals surface area contributed by atoms with Crippen molar-refractivity contribution in [3.63, 3.8) is 0 Å². The lowest BCUT2D eigenvalue weighted by Gasteiger charge is -2.49. The van der Waals surface area contributed by atoms with Crippen molar-refractivity contribution in [2.45, 2.75) is 38.8 Å². The smallest absolute Gasteiger partial charge is 0.0639 e. The zero-order chi connectivity index (χ0) is 12.7. The summed E-state index contributed by atoms with van der Waals surface area (Å²) >= 11 is 6.28. The first-order valence-corrected chi connectivity index (χ1v) is 6.46. The van der Waals surface area contributed by atoms with Gasteiger partial charge < -0.3 is 10.2 Å². The average Bonchev–Trinajstić information content (AvgIpc) is 2.13. The minimum Gasteiger partial charge on any atom is -0.367 e. The molecule has 2 nitrogen and oxygen atoms in total. The van der Waals surface area contributed by atoms with E-state index in [1.54, 1.807) is 0 Å². The third-order valence-electron chi connectivity index (χ3n) is 3.04. The summed E-state index contributed by atoms with van der Waals surface area (Å²) in [5.74, 6) is 0. The van der Waals surface area contributed by atoms with Crippen LogP contribution in [0.25, 0.3) is 0 Å². The number of nitrogens with zero attached hydrogens (tertiary/aromatic N) is 1. The van der Waals surface area contributed by atoms with Crippen LogP contribution in [0.1, 0.15) is 27.7 Å². The Balaban J connectivity index is 2.30. The van der Waals surface area contributed by atoms with Gasteiger partial charge in [0.2, 0.25) is 0 Å². The van der Waals surface area contributed by atoms with Gasteiger partial charge in [0, 0.05) is 24.2 Å². The van der Waals surface area contributed by atoms with Crippen LogP contribution in [0.2, 0.25) is 5.02 Å². The number of nitrogens with one attached hydrogen (secondary N) is 1. The molecule has 1 aliphatic heterocycles. The summed E-state index contributed by atoms with van der Waals surface area (Å²) in [6, 6.07) is 8.08. The second-order valence-electron chi connectivity index (χ2n) is 6.20. The van der Waals surface area contributed by atoms with Crippen LogP contribution in [0.4, 0.5) is 5.69 Å². The summed E-state index contributed by atoms with van der Waals surface area (Å²) in [6.07, 6.45) is 0. The van der Waals surface area contributed by atoms with Crippen molar-refractivity contribution in [3.05, 3.63) is 29.3 Å². The zero-order valence-electron chi connectivity index (χ0n) is 11.0. The lowest BCUT2D eigenvalue weighted by atomic mass is 9.91. The molecule has 0 spiro atoms. The molecule has 0 saturated carbocycles. The molecule has 1 heterocycles. The molecule has 94 valence electrons. The fourth-order valence-electron chi connectivity index (χ4n) is 2.88. The molecule has 1 aromatic rings. The van der Waals surface area contributed by atoms with Crippen molar-refractivity contribution in [3.8, 4) is 0 Å². The van der Waals surface area contributed by atoms with Gasteiger partial charge in [0.1, 0.15) is 0 Å². The molecule has 0 aliphatic carbocycles. The Morgan fingerprint density at radius 2 is 1.59 bits per heavy atom. The van der Waals surface area contributed by atoms with Crippen LogP contribution in [-0.2, 0) is 0 Å². The average molecular weight is 253 g/mol. The second-order valence-corrected chi connectivity index (χ2v) is 6.61. The molecule has 0 amide bonds. The Bertz CT molecular complexity index is 396. The first-order chi connectivity index (χ1) is 7.79. The molecule has 0 atom stereocenters. The van der Waals surface area contributed by atoms with Crippen molar-refractivity contribution in [2.24, 2.45) is 0 Å². The molecular weight excluding hydrogens is 232 g/mol. The second kappa shape index (κ2) is 4.18. The molecule has 1 aliphatic rings. The highest BCUT2D eigenvalue weighted by atomic mass is 35.5. The van der Waals surface area contributed by atoms with Crippen molar-refractivity contribution in [2.75, 3.05) is 18.0 Å². The van der Waals surface area contributed by atoms with E-state index in [-0.39, 0.29) is 11.1 Å². The highest BCUT2D eigenvalue weighted by Crippen LogP contribution is 2.31. The van der Waals surface area contributed by atoms with E-state index in [4.69, 9.17) is 11.6 Å². The van der Waals surface area contributed by atoms with E-state index in [0.717, 1.165) is 23.8 Å². The maximum Gasteiger partial charge on any atom is 0.0639 e. The molecule has 3 heteroatoms. The number of para-hydroxylation sites is 1. The number of hydrogen-bond donors (Lipinski definition) is 1. The van der Waals surface area contributed by atoms with Crippen molar-refractivity contribution >= 4 is 17.3 Å². The van der Waals surface area contributed by atoms with Crippen LogP contribution >= 0.6 is 11.6 Å². The third kappa shape index (κ3) is 2.93. The fraction of sp³-hybridized carbons (Fsp3) is 0.571. The summed E-state index contributed by atoms with van der Waals surface area (Å²) in [4.78, 5) is 2.37. The van der Waals surface area contributed by atoms with Crippen LogP contribution in [0, 0.1) is 0 Å². The van der Waals surface area contributed by atoms with Gasteiger partial charge in [-0.1, -0.05) is 23.7 Å². The van der Waals surface area contributed by atoms with E-state index in [9.17, 15) is 0 Å². The molecule has 1 saturated heterocycles. The maximum absolute atomic E-state index is 6.28. The van der Waals surface area contributed by atoms with Crippen molar-refractivity contribution in [1.82, 2.24) is 5.32 Å². The molecule has 2 rings (SSSR count). The fourth-order valence-corrected chi connectivity index (χ4v) is 3.14. The number of hydrogen-bond acceptors (Lipinski definition) is 2. The predicted octanol–water partition coefficient (Wildman–Crippen LogP) is 3.31. The molecule has 0 aromatic heterocycles. The van der Waals surface area contributed by atoms with Crippen molar-refractivity contribution in [1.29, 1.82) is 0 Å². The van der Waals surface area contributed by atoms with Crippen LogP contribution in [0.3, 0.4) is 0 Å². The van der Waals surface area contributed by atoms with Gasteiger partial charge in [-0.2, -0.15) is 0 Å². The SMILES string of the molecule is CC1(C)CN(c2ccccc2Cl)CC(C)(C)N1. The third-order valence-corrected chi connectivity index (χ3v) is 3.36. The van der Waals surface area contributed by atoms with Crippen LogP contribution < -0.4 is 10.2 Å². The Hall–Kier alpha value is -0.730. The Kier molecular flexibility index (Phi) is 3.13. The highest BCUT2D eigenvalue weighted by molar-refractivity contribution is 6.33. The van der Waals surface area contributed by atoms with E-state index in [1.807, 2.05) is 18.2 Å². The molecule has 1 aromatic carbocycles. The number of piperazine rings is 1. The Morgan fingerprint density at radius 1 is 1.06 bits per heavy atom. The quantitative estimate of drug-likeness (QED) is 0.825. The van der Waals surface area contributed by atoms with Gasteiger partial charge in [0.25, 0.3) is 0 Å².